The van der Waals surface area contributed by atoms with Crippen molar-refractivity contribution in [3.63, 3.8) is 0 Å². The average Bonchev–Trinajstić information content (AvgIpc) is 2.83. The van der Waals surface area contributed by atoms with Gasteiger partial charge in [-0.25, -0.2) is 13.1 Å². The first-order valence-corrected chi connectivity index (χ1v) is 10.3. The SMILES string of the molecule is CCSCC(C)NS(=O)(=O)c1cc(CNC(C)C)cs1. The van der Waals surface area contributed by atoms with Gasteiger partial charge in [-0.2, -0.15) is 11.8 Å². The molecular weight excluding hydrogens is 312 g/mol. The fourth-order valence-corrected chi connectivity index (χ4v) is 4.81. The minimum absolute atomic E-state index is 0.0516. The molecule has 0 aliphatic heterocycles. The second-order valence-corrected chi connectivity index (χ2v) is 9.16. The monoisotopic (exact) mass is 336 g/mol. The molecule has 0 fully saturated rings. The topological polar surface area (TPSA) is 58.2 Å². The van der Waals surface area contributed by atoms with Crippen LogP contribution in [0.4, 0.5) is 0 Å². The summed E-state index contributed by atoms with van der Waals surface area (Å²) in [6, 6.07) is 2.09. The van der Waals surface area contributed by atoms with Gasteiger partial charge in [0.25, 0.3) is 0 Å². The van der Waals surface area contributed by atoms with Crippen molar-refractivity contribution in [3.8, 4) is 0 Å². The first kappa shape index (κ1) is 18.0. The zero-order valence-corrected chi connectivity index (χ0v) is 14.9. The van der Waals surface area contributed by atoms with Crippen LogP contribution in [-0.2, 0) is 16.6 Å². The fraction of sp³-hybridized carbons (Fsp3) is 0.692. The Morgan fingerprint density at radius 3 is 2.65 bits per heavy atom. The van der Waals surface area contributed by atoms with Crippen molar-refractivity contribution in [2.24, 2.45) is 0 Å². The van der Waals surface area contributed by atoms with Crippen LogP contribution in [0.2, 0.25) is 0 Å². The Kier molecular flexibility index (Phi) is 7.53. The molecule has 116 valence electrons. The summed E-state index contributed by atoms with van der Waals surface area (Å²) in [5, 5.41) is 5.18. The van der Waals surface area contributed by atoms with Gasteiger partial charge in [0.15, 0.2) is 0 Å². The standard InChI is InChI=1S/C13H24N2O2S3/c1-5-18-8-11(4)15-20(16,17)13-6-12(9-19-13)7-14-10(2)3/h6,9-11,14-15H,5,7-8H2,1-4H3. The molecule has 0 saturated heterocycles. The maximum atomic E-state index is 12.2. The van der Waals surface area contributed by atoms with Crippen molar-refractivity contribution in [3.05, 3.63) is 17.0 Å². The molecule has 1 rings (SSSR count). The van der Waals surface area contributed by atoms with Crippen LogP contribution in [-0.4, -0.2) is 32.0 Å². The lowest BCUT2D eigenvalue weighted by Gasteiger charge is -2.12. The van der Waals surface area contributed by atoms with Crippen LogP contribution in [0.25, 0.3) is 0 Å². The number of thiophene rings is 1. The molecule has 7 heteroatoms. The van der Waals surface area contributed by atoms with Crippen LogP contribution in [0.15, 0.2) is 15.7 Å². The second kappa shape index (κ2) is 8.38. The molecule has 1 aromatic heterocycles. The maximum absolute atomic E-state index is 12.2. The van der Waals surface area contributed by atoms with Crippen LogP contribution in [0, 0.1) is 0 Å². The lowest BCUT2D eigenvalue weighted by Crippen LogP contribution is -2.33. The third-order valence-corrected chi connectivity index (χ3v) is 6.76. The third kappa shape index (κ3) is 6.13. The van der Waals surface area contributed by atoms with E-state index in [0.717, 1.165) is 17.1 Å². The molecule has 0 bridgehead atoms. The molecule has 1 heterocycles. The van der Waals surface area contributed by atoms with Crippen molar-refractivity contribution in [2.75, 3.05) is 11.5 Å². The van der Waals surface area contributed by atoms with Gasteiger partial charge in [-0.15, -0.1) is 11.3 Å². The number of rotatable bonds is 9. The van der Waals surface area contributed by atoms with Gasteiger partial charge in [0.1, 0.15) is 4.21 Å². The van der Waals surface area contributed by atoms with Gasteiger partial charge in [-0.1, -0.05) is 20.8 Å². The molecule has 1 atom stereocenters. The molecule has 0 spiro atoms. The number of hydrogen-bond donors (Lipinski definition) is 2. The van der Waals surface area contributed by atoms with E-state index in [2.05, 4.69) is 30.8 Å². The summed E-state index contributed by atoms with van der Waals surface area (Å²) in [7, 11) is -3.38. The summed E-state index contributed by atoms with van der Waals surface area (Å²) in [4.78, 5) is 0. The van der Waals surface area contributed by atoms with E-state index in [1.165, 1.54) is 11.3 Å². The smallest absolute Gasteiger partial charge is 0.250 e. The molecule has 0 saturated carbocycles. The molecule has 0 aliphatic rings. The zero-order valence-electron chi connectivity index (χ0n) is 12.5. The van der Waals surface area contributed by atoms with Crippen molar-refractivity contribution in [1.29, 1.82) is 0 Å². The highest BCUT2D eigenvalue weighted by Crippen LogP contribution is 2.20. The second-order valence-electron chi connectivity index (χ2n) is 4.99. The minimum Gasteiger partial charge on any atom is -0.310 e. The van der Waals surface area contributed by atoms with Crippen LogP contribution in [0.3, 0.4) is 0 Å². The highest BCUT2D eigenvalue weighted by atomic mass is 32.2. The summed E-state index contributed by atoms with van der Waals surface area (Å²) in [5.74, 6) is 1.79. The normalized spacial score (nSPS) is 13.8. The Hall–Kier alpha value is -0.0800. The van der Waals surface area contributed by atoms with E-state index in [9.17, 15) is 8.42 Å². The minimum atomic E-state index is -3.38. The van der Waals surface area contributed by atoms with Gasteiger partial charge < -0.3 is 5.32 Å². The lowest BCUT2D eigenvalue weighted by atomic mass is 10.3. The van der Waals surface area contributed by atoms with Gasteiger partial charge in [0.05, 0.1) is 0 Å². The van der Waals surface area contributed by atoms with E-state index in [-0.39, 0.29) is 6.04 Å². The van der Waals surface area contributed by atoms with E-state index in [1.54, 1.807) is 17.8 Å². The summed E-state index contributed by atoms with van der Waals surface area (Å²) in [5.41, 5.74) is 1.01. The third-order valence-electron chi connectivity index (χ3n) is 2.54. The Labute approximate surface area is 130 Å². The lowest BCUT2D eigenvalue weighted by molar-refractivity contribution is 0.572. The molecule has 20 heavy (non-hydrogen) atoms. The highest BCUT2D eigenvalue weighted by Gasteiger charge is 2.19. The molecule has 0 aliphatic carbocycles. The van der Waals surface area contributed by atoms with Gasteiger partial charge in [0, 0.05) is 24.4 Å². The number of nitrogens with one attached hydrogen (secondary N) is 2. The molecular formula is C13H24N2O2S3. The number of hydrogen-bond acceptors (Lipinski definition) is 5. The van der Waals surface area contributed by atoms with Crippen LogP contribution in [0.5, 0.6) is 0 Å². The van der Waals surface area contributed by atoms with Crippen molar-refractivity contribution in [2.45, 2.75) is 50.5 Å². The van der Waals surface area contributed by atoms with Crippen LogP contribution >= 0.6 is 23.1 Å². The summed E-state index contributed by atoms with van der Waals surface area (Å²) < 4.78 is 27.6. The van der Waals surface area contributed by atoms with E-state index < -0.39 is 10.0 Å². The predicted molar refractivity (Wildman–Crippen MR) is 89.1 cm³/mol. The number of sulfonamides is 1. The maximum Gasteiger partial charge on any atom is 0.250 e. The zero-order chi connectivity index (χ0) is 15.2. The predicted octanol–water partition coefficient (Wildman–Crippen LogP) is 2.67. The highest BCUT2D eigenvalue weighted by molar-refractivity contribution is 7.99. The van der Waals surface area contributed by atoms with E-state index in [4.69, 9.17) is 0 Å². The molecule has 2 N–H and O–H groups in total. The average molecular weight is 337 g/mol. The van der Waals surface area contributed by atoms with Crippen molar-refractivity contribution >= 4 is 33.1 Å². The largest absolute Gasteiger partial charge is 0.310 e. The molecule has 1 unspecified atom stereocenters. The molecule has 0 aromatic carbocycles. The first-order valence-electron chi connectivity index (χ1n) is 6.76. The Bertz CT molecular complexity index is 497. The van der Waals surface area contributed by atoms with Gasteiger partial charge in [-0.05, 0) is 29.7 Å². The van der Waals surface area contributed by atoms with Crippen molar-refractivity contribution in [1.82, 2.24) is 10.0 Å². The van der Waals surface area contributed by atoms with E-state index >= 15 is 0 Å². The van der Waals surface area contributed by atoms with Crippen LogP contribution in [0.1, 0.15) is 33.3 Å². The Morgan fingerprint density at radius 1 is 1.35 bits per heavy atom. The molecule has 0 amide bonds. The molecule has 0 radical (unpaired) electrons. The van der Waals surface area contributed by atoms with E-state index in [0.29, 0.717) is 16.8 Å². The molecule has 4 nitrogen and oxygen atoms in total. The van der Waals surface area contributed by atoms with Crippen molar-refractivity contribution < 1.29 is 8.42 Å². The quantitative estimate of drug-likeness (QED) is 0.728. The summed E-state index contributed by atoms with van der Waals surface area (Å²) >= 11 is 3.01. The van der Waals surface area contributed by atoms with Gasteiger partial charge >= 0.3 is 0 Å². The summed E-state index contributed by atoms with van der Waals surface area (Å²) in [6.45, 7) is 8.80. The number of thioether (sulfide) groups is 1. The van der Waals surface area contributed by atoms with Gasteiger partial charge in [0.2, 0.25) is 10.0 Å². The Balaban J connectivity index is 2.63. The Morgan fingerprint density at radius 2 is 2.05 bits per heavy atom. The van der Waals surface area contributed by atoms with Gasteiger partial charge in [-0.3, -0.25) is 0 Å². The van der Waals surface area contributed by atoms with E-state index in [1.807, 2.05) is 12.3 Å². The molecule has 1 aromatic rings. The fourth-order valence-electron chi connectivity index (χ4n) is 1.56. The first-order chi connectivity index (χ1) is 9.35. The summed E-state index contributed by atoms with van der Waals surface area (Å²) in [6.07, 6.45) is 0. The van der Waals surface area contributed by atoms with Crippen LogP contribution < -0.4 is 10.0 Å².